The molecule has 1 saturated heterocycles. The number of sulfonamides is 1. The molecule has 0 amide bonds. The highest BCUT2D eigenvalue weighted by atomic mass is 32.2. The Morgan fingerprint density at radius 1 is 1.37 bits per heavy atom. The number of rotatable bonds is 3. The molecule has 1 atom stereocenters. The summed E-state index contributed by atoms with van der Waals surface area (Å²) >= 11 is 0. The SMILES string of the molecule is Cc1ccc(S(=O)(=O)N2CC[C@H](C(=O)O)C2)c(C)c1. The molecule has 1 aromatic rings. The van der Waals surface area contributed by atoms with Crippen LogP contribution in [0.3, 0.4) is 0 Å². The van der Waals surface area contributed by atoms with Gasteiger partial charge in [0.1, 0.15) is 0 Å². The van der Waals surface area contributed by atoms with Crippen molar-refractivity contribution in [1.82, 2.24) is 4.31 Å². The number of nitrogens with zero attached hydrogens (tertiary/aromatic N) is 1. The number of carboxylic acid groups (broad SMARTS) is 1. The Morgan fingerprint density at radius 2 is 2.05 bits per heavy atom. The molecular formula is C13H17NO4S. The second-order valence-electron chi connectivity index (χ2n) is 4.96. The van der Waals surface area contributed by atoms with Gasteiger partial charge in [0.05, 0.1) is 10.8 Å². The number of hydrogen-bond donors (Lipinski definition) is 1. The van der Waals surface area contributed by atoms with Gasteiger partial charge in [0, 0.05) is 13.1 Å². The van der Waals surface area contributed by atoms with Crippen LogP contribution in [0.15, 0.2) is 23.1 Å². The maximum absolute atomic E-state index is 12.5. The summed E-state index contributed by atoms with van der Waals surface area (Å²) in [6, 6.07) is 5.16. The molecule has 0 unspecified atom stereocenters. The van der Waals surface area contributed by atoms with Gasteiger partial charge in [-0.1, -0.05) is 17.7 Å². The molecule has 0 spiro atoms. The smallest absolute Gasteiger partial charge is 0.307 e. The topological polar surface area (TPSA) is 74.7 Å². The van der Waals surface area contributed by atoms with Gasteiger partial charge in [-0.2, -0.15) is 4.31 Å². The zero-order valence-electron chi connectivity index (χ0n) is 11.0. The molecule has 1 fully saturated rings. The average molecular weight is 283 g/mol. The first-order valence-electron chi connectivity index (χ1n) is 6.12. The summed E-state index contributed by atoms with van der Waals surface area (Å²) < 4.78 is 26.2. The second-order valence-corrected chi connectivity index (χ2v) is 6.86. The fraction of sp³-hybridized carbons (Fsp3) is 0.462. The number of benzene rings is 1. The van der Waals surface area contributed by atoms with Crippen molar-refractivity contribution >= 4 is 16.0 Å². The second kappa shape index (κ2) is 4.94. The van der Waals surface area contributed by atoms with Gasteiger partial charge in [-0.15, -0.1) is 0 Å². The number of carbonyl (C=O) groups is 1. The van der Waals surface area contributed by atoms with Gasteiger partial charge in [-0.05, 0) is 31.9 Å². The molecule has 6 heteroatoms. The van der Waals surface area contributed by atoms with Crippen molar-refractivity contribution in [3.05, 3.63) is 29.3 Å². The van der Waals surface area contributed by atoms with Crippen molar-refractivity contribution in [3.8, 4) is 0 Å². The zero-order valence-corrected chi connectivity index (χ0v) is 11.8. The van der Waals surface area contributed by atoms with E-state index in [2.05, 4.69) is 0 Å². The zero-order chi connectivity index (χ0) is 14.2. The Balaban J connectivity index is 2.31. The van der Waals surface area contributed by atoms with Crippen LogP contribution in [0.4, 0.5) is 0 Å². The van der Waals surface area contributed by atoms with Crippen molar-refractivity contribution in [3.63, 3.8) is 0 Å². The Morgan fingerprint density at radius 3 is 2.58 bits per heavy atom. The van der Waals surface area contributed by atoms with Crippen LogP contribution in [-0.2, 0) is 14.8 Å². The van der Waals surface area contributed by atoms with Crippen molar-refractivity contribution in [1.29, 1.82) is 0 Å². The number of hydrogen-bond acceptors (Lipinski definition) is 3. The highest BCUT2D eigenvalue weighted by molar-refractivity contribution is 7.89. The highest BCUT2D eigenvalue weighted by Gasteiger charge is 2.36. The molecule has 19 heavy (non-hydrogen) atoms. The first kappa shape index (κ1) is 14.0. The monoisotopic (exact) mass is 283 g/mol. The summed E-state index contributed by atoms with van der Waals surface area (Å²) in [5.41, 5.74) is 1.69. The summed E-state index contributed by atoms with van der Waals surface area (Å²) in [4.78, 5) is 11.2. The third-order valence-corrected chi connectivity index (χ3v) is 5.47. The van der Waals surface area contributed by atoms with Crippen molar-refractivity contribution in [2.45, 2.75) is 25.2 Å². The molecule has 1 aromatic carbocycles. The molecule has 0 aliphatic carbocycles. The summed E-state index contributed by atoms with van der Waals surface area (Å²) in [6.45, 7) is 3.99. The minimum atomic E-state index is -3.58. The lowest BCUT2D eigenvalue weighted by atomic mass is 10.1. The van der Waals surface area contributed by atoms with Crippen molar-refractivity contribution in [2.75, 3.05) is 13.1 Å². The fourth-order valence-electron chi connectivity index (χ4n) is 2.38. The largest absolute Gasteiger partial charge is 0.481 e. The molecule has 0 saturated carbocycles. The lowest BCUT2D eigenvalue weighted by molar-refractivity contribution is -0.141. The van der Waals surface area contributed by atoms with E-state index in [1.165, 1.54) is 4.31 Å². The van der Waals surface area contributed by atoms with E-state index >= 15 is 0 Å². The van der Waals surface area contributed by atoms with E-state index in [1.54, 1.807) is 19.1 Å². The number of aryl methyl sites for hydroxylation is 2. The lowest BCUT2D eigenvalue weighted by Gasteiger charge is -2.17. The van der Waals surface area contributed by atoms with Gasteiger partial charge < -0.3 is 5.11 Å². The molecule has 2 rings (SSSR count). The van der Waals surface area contributed by atoms with Gasteiger partial charge in [-0.3, -0.25) is 4.79 Å². The third-order valence-electron chi connectivity index (χ3n) is 3.45. The lowest BCUT2D eigenvalue weighted by Crippen LogP contribution is -2.30. The average Bonchev–Trinajstić information content (AvgIpc) is 2.78. The minimum absolute atomic E-state index is 0.0605. The van der Waals surface area contributed by atoms with E-state index in [9.17, 15) is 13.2 Å². The van der Waals surface area contributed by atoms with Crippen molar-refractivity contribution in [2.24, 2.45) is 5.92 Å². The van der Waals surface area contributed by atoms with Gasteiger partial charge in [0.25, 0.3) is 0 Å². The first-order valence-corrected chi connectivity index (χ1v) is 7.56. The third kappa shape index (κ3) is 2.64. The quantitative estimate of drug-likeness (QED) is 0.910. The maximum Gasteiger partial charge on any atom is 0.307 e. The van der Waals surface area contributed by atoms with E-state index in [-0.39, 0.29) is 18.0 Å². The molecule has 0 bridgehead atoms. The molecule has 0 aromatic heterocycles. The fourth-order valence-corrected chi connectivity index (χ4v) is 4.08. The van der Waals surface area contributed by atoms with Gasteiger partial charge in [0.2, 0.25) is 10.0 Å². The highest BCUT2D eigenvalue weighted by Crippen LogP contribution is 2.26. The van der Waals surface area contributed by atoms with Crippen molar-refractivity contribution < 1.29 is 18.3 Å². The predicted molar refractivity (Wildman–Crippen MR) is 70.4 cm³/mol. The Labute approximate surface area is 112 Å². The summed E-state index contributed by atoms with van der Waals surface area (Å²) in [5, 5.41) is 8.94. The van der Waals surface area contributed by atoms with Crippen LogP contribution in [-0.4, -0.2) is 36.9 Å². The standard InChI is InChI=1S/C13H17NO4S/c1-9-3-4-12(10(2)7-9)19(17,18)14-6-5-11(8-14)13(15)16/h3-4,7,11H,5-6,8H2,1-2H3,(H,15,16)/t11-/m0/s1. The first-order chi connectivity index (χ1) is 8.82. The molecule has 104 valence electrons. The Kier molecular flexibility index (Phi) is 3.64. The molecule has 0 radical (unpaired) electrons. The van der Waals surface area contributed by atoms with Crippen LogP contribution in [0, 0.1) is 19.8 Å². The van der Waals surface area contributed by atoms with Crippen LogP contribution < -0.4 is 0 Å². The minimum Gasteiger partial charge on any atom is -0.481 e. The van der Waals surface area contributed by atoms with E-state index in [4.69, 9.17) is 5.11 Å². The van der Waals surface area contributed by atoms with E-state index in [0.717, 1.165) is 5.56 Å². The molecule has 1 aliphatic rings. The summed E-state index contributed by atoms with van der Waals surface area (Å²) in [7, 11) is -3.58. The van der Waals surface area contributed by atoms with Gasteiger partial charge >= 0.3 is 5.97 Å². The van der Waals surface area contributed by atoms with E-state index < -0.39 is 21.9 Å². The van der Waals surface area contributed by atoms with Gasteiger partial charge in [-0.25, -0.2) is 8.42 Å². The predicted octanol–water partition coefficient (Wildman–Crippen LogP) is 1.40. The van der Waals surface area contributed by atoms with Crippen LogP contribution in [0.5, 0.6) is 0 Å². The molecule has 5 nitrogen and oxygen atoms in total. The Hall–Kier alpha value is -1.40. The summed E-state index contributed by atoms with van der Waals surface area (Å²) in [5.74, 6) is -1.53. The Bertz CT molecular complexity index is 609. The van der Waals surface area contributed by atoms with Crippen LogP contribution in [0.2, 0.25) is 0 Å². The van der Waals surface area contributed by atoms with Crippen LogP contribution in [0.25, 0.3) is 0 Å². The number of aliphatic carboxylic acids is 1. The van der Waals surface area contributed by atoms with Crippen LogP contribution in [0.1, 0.15) is 17.5 Å². The molecule has 1 heterocycles. The number of carboxylic acids is 1. The van der Waals surface area contributed by atoms with Crippen LogP contribution >= 0.6 is 0 Å². The maximum atomic E-state index is 12.5. The molecule has 1 N–H and O–H groups in total. The summed E-state index contributed by atoms with van der Waals surface area (Å²) in [6.07, 6.45) is 0.374. The van der Waals surface area contributed by atoms with Gasteiger partial charge in [0.15, 0.2) is 0 Å². The molecular weight excluding hydrogens is 266 g/mol. The van der Waals surface area contributed by atoms with E-state index in [1.807, 2.05) is 13.0 Å². The molecule has 1 aliphatic heterocycles. The van der Waals surface area contributed by atoms with E-state index in [0.29, 0.717) is 12.0 Å². The normalized spacial score (nSPS) is 20.6.